The maximum Gasteiger partial charge on any atom is 0.449 e. The van der Waals surface area contributed by atoms with Crippen LogP contribution in [0.2, 0.25) is 0 Å². The molecule has 0 radical (unpaired) electrons. The average Bonchev–Trinajstić information content (AvgIpc) is 3.35. The SMILES string of the molecule is COC(=O)NS(=O)(=O)c1cc2c(cc1-c1ccc(Cn3ccnc3C(F)(F)F)cc1)CC(C)(C)O2. The van der Waals surface area contributed by atoms with Gasteiger partial charge in [-0.1, -0.05) is 24.3 Å². The molecule has 186 valence electrons. The summed E-state index contributed by atoms with van der Waals surface area (Å²) in [6.07, 6.45) is -2.87. The van der Waals surface area contributed by atoms with E-state index >= 15 is 0 Å². The molecule has 4 rings (SSSR count). The molecule has 12 heteroatoms. The summed E-state index contributed by atoms with van der Waals surface area (Å²) in [5, 5.41) is 0. The number of nitrogens with one attached hydrogen (secondary N) is 1. The van der Waals surface area contributed by atoms with E-state index in [1.165, 1.54) is 12.3 Å². The van der Waals surface area contributed by atoms with Crippen LogP contribution in [0.3, 0.4) is 0 Å². The number of alkyl halides is 3. The standard InChI is InChI=1S/C23H22F3N3O5S/c1-22(2)12-16-10-17(19(11-18(16)34-22)35(31,32)28-21(30)33-3)15-6-4-14(5-7-15)13-29-9-8-27-20(29)23(24,25)26/h4-11H,12-13H2,1-3H3,(H,28,30). The Morgan fingerprint density at radius 3 is 2.54 bits per heavy atom. The molecule has 1 aliphatic heterocycles. The van der Waals surface area contributed by atoms with Crippen LogP contribution in [0.25, 0.3) is 11.1 Å². The number of nitrogens with zero attached hydrogens (tertiary/aromatic N) is 2. The Hall–Kier alpha value is -3.54. The summed E-state index contributed by atoms with van der Waals surface area (Å²) in [6.45, 7) is 3.66. The van der Waals surface area contributed by atoms with Crippen molar-refractivity contribution in [2.45, 2.75) is 43.5 Å². The first-order valence-electron chi connectivity index (χ1n) is 10.4. The highest BCUT2D eigenvalue weighted by molar-refractivity contribution is 7.90. The molecule has 2 heterocycles. The minimum absolute atomic E-state index is 0.0730. The maximum absolute atomic E-state index is 13.1. The Balaban J connectivity index is 1.73. The number of methoxy groups -OCH3 is 1. The zero-order valence-electron chi connectivity index (χ0n) is 19.0. The molecule has 35 heavy (non-hydrogen) atoms. The van der Waals surface area contributed by atoms with E-state index in [1.54, 1.807) is 30.3 Å². The second-order valence-electron chi connectivity index (χ2n) is 8.67. The zero-order valence-corrected chi connectivity index (χ0v) is 19.8. The molecule has 1 amide bonds. The summed E-state index contributed by atoms with van der Waals surface area (Å²) >= 11 is 0. The normalized spacial score (nSPS) is 14.8. The van der Waals surface area contributed by atoms with Gasteiger partial charge in [0.1, 0.15) is 11.4 Å². The van der Waals surface area contributed by atoms with Crippen LogP contribution in [0.1, 0.15) is 30.8 Å². The number of halogens is 3. The van der Waals surface area contributed by atoms with Crippen molar-refractivity contribution >= 4 is 16.1 Å². The summed E-state index contributed by atoms with van der Waals surface area (Å²) in [5.41, 5.74) is 1.61. The van der Waals surface area contributed by atoms with Gasteiger partial charge in [0.2, 0.25) is 5.82 Å². The molecule has 0 aliphatic carbocycles. The number of hydrogen-bond donors (Lipinski definition) is 1. The highest BCUT2D eigenvalue weighted by Crippen LogP contribution is 2.41. The zero-order chi connectivity index (χ0) is 25.6. The van der Waals surface area contributed by atoms with Gasteiger partial charge in [-0.3, -0.25) is 0 Å². The Kier molecular flexibility index (Phi) is 6.04. The molecule has 0 saturated heterocycles. The quantitative estimate of drug-likeness (QED) is 0.548. The predicted octanol–water partition coefficient (Wildman–Crippen LogP) is 4.38. The molecule has 1 aliphatic rings. The van der Waals surface area contributed by atoms with Crippen LogP contribution in [-0.2, 0) is 33.9 Å². The largest absolute Gasteiger partial charge is 0.487 e. The summed E-state index contributed by atoms with van der Waals surface area (Å²) in [7, 11) is -3.28. The van der Waals surface area contributed by atoms with Crippen LogP contribution in [0.5, 0.6) is 5.75 Å². The molecule has 0 fully saturated rings. The van der Waals surface area contributed by atoms with E-state index in [0.29, 0.717) is 28.9 Å². The van der Waals surface area contributed by atoms with Gasteiger partial charge < -0.3 is 14.0 Å². The molecule has 0 unspecified atom stereocenters. The van der Waals surface area contributed by atoms with Crippen molar-refractivity contribution in [1.82, 2.24) is 14.3 Å². The fourth-order valence-electron chi connectivity index (χ4n) is 3.97. The molecule has 2 aromatic carbocycles. The van der Waals surface area contributed by atoms with Crippen LogP contribution in [0, 0.1) is 0 Å². The third kappa shape index (κ3) is 5.11. The summed E-state index contributed by atoms with van der Waals surface area (Å²) in [5.74, 6) is -0.620. The van der Waals surface area contributed by atoms with Crippen LogP contribution in [-0.4, -0.2) is 36.8 Å². The van der Waals surface area contributed by atoms with Crippen molar-refractivity contribution in [3.8, 4) is 16.9 Å². The average molecular weight is 510 g/mol. The lowest BCUT2D eigenvalue weighted by atomic mass is 9.97. The number of carbonyl (C=O) groups excluding carboxylic acids is 1. The monoisotopic (exact) mass is 509 g/mol. The number of imidazole rings is 1. The first-order valence-corrected chi connectivity index (χ1v) is 11.9. The van der Waals surface area contributed by atoms with E-state index in [-0.39, 0.29) is 11.4 Å². The van der Waals surface area contributed by atoms with Gasteiger partial charge in [0, 0.05) is 37.0 Å². The van der Waals surface area contributed by atoms with E-state index in [0.717, 1.165) is 23.4 Å². The van der Waals surface area contributed by atoms with Crippen molar-refractivity contribution in [3.63, 3.8) is 0 Å². The van der Waals surface area contributed by atoms with Crippen LogP contribution in [0.4, 0.5) is 18.0 Å². The second kappa shape index (κ2) is 8.59. The minimum Gasteiger partial charge on any atom is -0.487 e. The Labute approximate surface area is 199 Å². The summed E-state index contributed by atoms with van der Waals surface area (Å²) in [4.78, 5) is 14.8. The van der Waals surface area contributed by atoms with Gasteiger partial charge >= 0.3 is 12.3 Å². The molecule has 0 saturated carbocycles. The Bertz CT molecular complexity index is 1380. The van der Waals surface area contributed by atoms with Crippen molar-refractivity contribution in [2.75, 3.05) is 7.11 Å². The third-order valence-corrected chi connectivity index (χ3v) is 6.80. The lowest BCUT2D eigenvalue weighted by Gasteiger charge is -2.17. The topological polar surface area (TPSA) is 99.5 Å². The van der Waals surface area contributed by atoms with Gasteiger partial charge in [-0.15, -0.1) is 0 Å². The third-order valence-electron chi connectivity index (χ3n) is 5.44. The van der Waals surface area contributed by atoms with Crippen molar-refractivity contribution < 1.29 is 35.9 Å². The maximum atomic E-state index is 13.1. The van der Waals surface area contributed by atoms with E-state index in [9.17, 15) is 26.4 Å². The summed E-state index contributed by atoms with van der Waals surface area (Å²) in [6, 6.07) is 9.47. The van der Waals surface area contributed by atoms with Gasteiger partial charge in [-0.25, -0.2) is 22.9 Å². The molecule has 3 aromatic rings. The predicted molar refractivity (Wildman–Crippen MR) is 119 cm³/mol. The highest BCUT2D eigenvalue weighted by Gasteiger charge is 2.36. The second-order valence-corrected chi connectivity index (χ2v) is 10.3. The first-order chi connectivity index (χ1) is 16.3. The molecule has 1 N–H and O–H groups in total. The summed E-state index contributed by atoms with van der Waals surface area (Å²) < 4.78 is 78.4. The number of aromatic nitrogens is 2. The number of carbonyl (C=O) groups is 1. The van der Waals surface area contributed by atoms with Gasteiger partial charge in [-0.05, 0) is 36.6 Å². The molecule has 1 aromatic heterocycles. The molecular weight excluding hydrogens is 487 g/mol. The van der Waals surface area contributed by atoms with E-state index in [4.69, 9.17) is 4.74 Å². The van der Waals surface area contributed by atoms with Crippen molar-refractivity contribution in [1.29, 1.82) is 0 Å². The highest BCUT2D eigenvalue weighted by atomic mass is 32.2. The molecular formula is C23H22F3N3O5S. The van der Waals surface area contributed by atoms with Crippen LogP contribution < -0.4 is 9.46 Å². The number of ether oxygens (including phenoxy) is 2. The lowest BCUT2D eigenvalue weighted by Crippen LogP contribution is -2.30. The number of fused-ring (bicyclic) bond motifs is 1. The van der Waals surface area contributed by atoms with E-state index < -0.39 is 33.7 Å². The number of hydrogen-bond acceptors (Lipinski definition) is 6. The smallest absolute Gasteiger partial charge is 0.449 e. The Morgan fingerprint density at radius 1 is 1.23 bits per heavy atom. The van der Waals surface area contributed by atoms with Gasteiger partial charge in [0.05, 0.1) is 12.0 Å². The lowest BCUT2D eigenvalue weighted by molar-refractivity contribution is -0.147. The molecule has 0 spiro atoms. The van der Waals surface area contributed by atoms with Crippen molar-refractivity contribution in [2.24, 2.45) is 0 Å². The van der Waals surface area contributed by atoms with Crippen LogP contribution >= 0.6 is 0 Å². The van der Waals surface area contributed by atoms with Crippen molar-refractivity contribution in [3.05, 3.63) is 65.7 Å². The van der Waals surface area contributed by atoms with Crippen LogP contribution in [0.15, 0.2) is 53.7 Å². The van der Waals surface area contributed by atoms with E-state index in [2.05, 4.69) is 9.72 Å². The van der Waals surface area contributed by atoms with E-state index in [1.807, 2.05) is 18.6 Å². The first kappa shape index (κ1) is 24.6. The van der Waals surface area contributed by atoms with Gasteiger partial charge in [0.15, 0.2) is 0 Å². The molecule has 8 nitrogen and oxygen atoms in total. The number of amides is 1. The minimum atomic E-state index is -4.58. The molecule has 0 atom stereocenters. The fourth-order valence-corrected chi connectivity index (χ4v) is 5.11. The fraction of sp³-hybridized carbons (Fsp3) is 0.304. The van der Waals surface area contributed by atoms with Gasteiger partial charge in [-0.2, -0.15) is 13.2 Å². The number of sulfonamides is 1. The number of benzene rings is 2. The van der Waals surface area contributed by atoms with Gasteiger partial charge in [0.25, 0.3) is 10.0 Å². The number of rotatable bonds is 5. The molecule has 0 bridgehead atoms. The Morgan fingerprint density at radius 2 is 1.91 bits per heavy atom.